The lowest BCUT2D eigenvalue weighted by Gasteiger charge is -2.07. The van der Waals surface area contributed by atoms with E-state index in [2.05, 4.69) is 4.98 Å². The van der Waals surface area contributed by atoms with Gasteiger partial charge in [-0.25, -0.2) is 13.6 Å². The van der Waals surface area contributed by atoms with Crippen molar-refractivity contribution < 1.29 is 23.4 Å². The van der Waals surface area contributed by atoms with Crippen LogP contribution in [0, 0.1) is 11.6 Å². The number of rotatable bonds is 5. The van der Waals surface area contributed by atoms with Crippen LogP contribution < -0.4 is 4.74 Å². The van der Waals surface area contributed by atoms with Gasteiger partial charge in [0.25, 0.3) is 0 Å². The van der Waals surface area contributed by atoms with Crippen LogP contribution in [-0.4, -0.2) is 16.1 Å². The second-order valence-corrected chi connectivity index (χ2v) is 4.16. The molecule has 0 aliphatic heterocycles. The number of pyridine rings is 1. The van der Waals surface area contributed by atoms with Crippen LogP contribution >= 0.6 is 0 Å². The van der Waals surface area contributed by atoms with Crippen molar-refractivity contribution in [2.24, 2.45) is 0 Å². The Labute approximate surface area is 119 Å². The predicted octanol–water partition coefficient (Wildman–Crippen LogP) is 3.04. The number of carbonyl (C=O) groups is 1. The van der Waals surface area contributed by atoms with E-state index >= 15 is 0 Å². The molecule has 4 nitrogen and oxygen atoms in total. The third kappa shape index (κ3) is 4.38. The van der Waals surface area contributed by atoms with Crippen LogP contribution in [0.15, 0.2) is 42.7 Å². The van der Waals surface area contributed by atoms with Crippen molar-refractivity contribution in [2.75, 3.05) is 0 Å². The van der Waals surface area contributed by atoms with E-state index < -0.39 is 17.6 Å². The first-order chi connectivity index (χ1) is 10.0. The van der Waals surface area contributed by atoms with Crippen molar-refractivity contribution >= 4 is 12.0 Å². The molecular weight excluding hydrogens is 280 g/mol. The Bertz CT molecular complexity index is 686. The summed E-state index contributed by atoms with van der Waals surface area (Å²) in [6.45, 7) is -0.0218. The normalized spacial score (nSPS) is 10.8. The lowest BCUT2D eigenvalue weighted by Crippen LogP contribution is -1.99. The fraction of sp³-hybridized carbons (Fsp3) is 0.0667. The SMILES string of the molecule is O=C(O)/C=C/c1ccc(OCc2cncc(F)c2)c(F)c1. The number of benzene rings is 1. The van der Waals surface area contributed by atoms with Crippen molar-refractivity contribution in [2.45, 2.75) is 6.61 Å². The molecule has 0 aliphatic carbocycles. The molecule has 0 bridgehead atoms. The molecule has 108 valence electrons. The number of aromatic nitrogens is 1. The quantitative estimate of drug-likeness (QED) is 0.860. The second-order valence-electron chi connectivity index (χ2n) is 4.16. The van der Waals surface area contributed by atoms with Gasteiger partial charge in [-0.2, -0.15) is 0 Å². The smallest absolute Gasteiger partial charge is 0.328 e. The highest BCUT2D eigenvalue weighted by atomic mass is 19.1. The molecule has 0 fully saturated rings. The molecule has 0 saturated carbocycles. The van der Waals surface area contributed by atoms with Crippen LogP contribution in [-0.2, 0) is 11.4 Å². The largest absolute Gasteiger partial charge is 0.486 e. The molecule has 0 atom stereocenters. The molecule has 2 aromatic rings. The molecule has 0 saturated heterocycles. The van der Waals surface area contributed by atoms with Gasteiger partial charge in [0.05, 0.1) is 6.20 Å². The van der Waals surface area contributed by atoms with Gasteiger partial charge < -0.3 is 9.84 Å². The molecule has 1 aromatic carbocycles. The summed E-state index contributed by atoms with van der Waals surface area (Å²) in [4.78, 5) is 14.0. The average molecular weight is 291 g/mol. The summed E-state index contributed by atoms with van der Waals surface area (Å²) in [6, 6.07) is 5.29. The number of halogens is 2. The number of hydrogen-bond donors (Lipinski definition) is 1. The molecule has 0 spiro atoms. The maximum atomic E-state index is 13.8. The number of nitrogens with zero attached hydrogens (tertiary/aromatic N) is 1. The van der Waals surface area contributed by atoms with E-state index in [0.29, 0.717) is 11.1 Å². The molecule has 1 N–H and O–H groups in total. The number of carboxylic acids is 1. The molecule has 0 amide bonds. The van der Waals surface area contributed by atoms with Gasteiger partial charge in [0, 0.05) is 17.8 Å². The number of ether oxygens (including phenoxy) is 1. The van der Waals surface area contributed by atoms with Crippen molar-refractivity contribution in [3.63, 3.8) is 0 Å². The molecule has 0 aliphatic rings. The van der Waals surface area contributed by atoms with Crippen molar-refractivity contribution in [3.05, 3.63) is 65.5 Å². The molecule has 0 unspecified atom stereocenters. The molecule has 0 radical (unpaired) electrons. The average Bonchev–Trinajstić information content (AvgIpc) is 2.44. The van der Waals surface area contributed by atoms with Crippen LogP contribution in [0.3, 0.4) is 0 Å². The molecule has 2 rings (SSSR count). The predicted molar refractivity (Wildman–Crippen MR) is 71.6 cm³/mol. The summed E-state index contributed by atoms with van der Waals surface area (Å²) in [6.07, 6.45) is 4.66. The molecule has 21 heavy (non-hydrogen) atoms. The minimum atomic E-state index is -1.12. The highest BCUT2D eigenvalue weighted by Gasteiger charge is 2.05. The monoisotopic (exact) mass is 291 g/mol. The van der Waals surface area contributed by atoms with Crippen molar-refractivity contribution in [1.29, 1.82) is 0 Å². The van der Waals surface area contributed by atoms with Gasteiger partial charge >= 0.3 is 5.97 Å². The fourth-order valence-electron chi connectivity index (χ4n) is 1.60. The Morgan fingerprint density at radius 2 is 2.10 bits per heavy atom. The first kappa shape index (κ1) is 14.6. The van der Waals surface area contributed by atoms with E-state index in [9.17, 15) is 13.6 Å². The Balaban J connectivity index is 2.06. The van der Waals surface area contributed by atoms with E-state index in [0.717, 1.165) is 18.3 Å². The standard InChI is InChI=1S/C15H11F2NO3/c16-12-5-11(7-18-8-12)9-21-14-3-1-10(6-13(14)17)2-4-15(19)20/h1-8H,9H2,(H,19,20)/b4-2+. The summed E-state index contributed by atoms with van der Waals surface area (Å²) >= 11 is 0. The Kier molecular flexibility index (Phi) is 4.61. The molecular formula is C15H11F2NO3. The number of aliphatic carboxylic acids is 1. The summed E-state index contributed by atoms with van der Waals surface area (Å²) in [7, 11) is 0. The van der Waals surface area contributed by atoms with E-state index in [1.807, 2.05) is 0 Å². The molecule has 6 heteroatoms. The highest BCUT2D eigenvalue weighted by Crippen LogP contribution is 2.20. The summed E-state index contributed by atoms with van der Waals surface area (Å²) < 4.78 is 31.9. The summed E-state index contributed by atoms with van der Waals surface area (Å²) in [5, 5.41) is 8.49. The van der Waals surface area contributed by atoms with Crippen LogP contribution in [0.25, 0.3) is 6.08 Å². The Morgan fingerprint density at radius 3 is 2.76 bits per heavy atom. The maximum Gasteiger partial charge on any atom is 0.328 e. The van der Waals surface area contributed by atoms with Gasteiger partial charge in [0.15, 0.2) is 11.6 Å². The fourth-order valence-corrected chi connectivity index (χ4v) is 1.60. The first-order valence-electron chi connectivity index (χ1n) is 5.97. The van der Waals surface area contributed by atoms with Gasteiger partial charge in [-0.1, -0.05) is 6.07 Å². The summed E-state index contributed by atoms with van der Waals surface area (Å²) in [5.41, 5.74) is 0.874. The topological polar surface area (TPSA) is 59.4 Å². The number of hydrogen-bond acceptors (Lipinski definition) is 3. The van der Waals surface area contributed by atoms with Gasteiger partial charge in [-0.05, 0) is 29.8 Å². The van der Waals surface area contributed by atoms with Crippen LogP contribution in [0.1, 0.15) is 11.1 Å². The van der Waals surface area contributed by atoms with Gasteiger partial charge in [0.1, 0.15) is 12.4 Å². The van der Waals surface area contributed by atoms with E-state index in [1.165, 1.54) is 30.5 Å². The van der Waals surface area contributed by atoms with Gasteiger partial charge in [-0.3, -0.25) is 4.98 Å². The highest BCUT2D eigenvalue weighted by molar-refractivity contribution is 5.85. The molecule has 1 aromatic heterocycles. The van der Waals surface area contributed by atoms with Gasteiger partial charge in [-0.15, -0.1) is 0 Å². The Hall–Kier alpha value is -2.76. The Morgan fingerprint density at radius 1 is 1.29 bits per heavy atom. The zero-order chi connectivity index (χ0) is 15.2. The molecule has 1 heterocycles. The number of carboxylic acid groups (broad SMARTS) is 1. The zero-order valence-corrected chi connectivity index (χ0v) is 10.8. The minimum Gasteiger partial charge on any atom is -0.486 e. The lowest BCUT2D eigenvalue weighted by molar-refractivity contribution is -0.131. The third-order valence-corrected chi connectivity index (χ3v) is 2.53. The summed E-state index contributed by atoms with van der Waals surface area (Å²) in [5.74, 6) is -2.25. The lowest BCUT2D eigenvalue weighted by atomic mass is 10.2. The van der Waals surface area contributed by atoms with Crippen LogP contribution in [0.5, 0.6) is 5.75 Å². The van der Waals surface area contributed by atoms with Crippen molar-refractivity contribution in [1.82, 2.24) is 4.98 Å². The minimum absolute atomic E-state index is 0.00765. The zero-order valence-electron chi connectivity index (χ0n) is 10.8. The van der Waals surface area contributed by atoms with E-state index in [4.69, 9.17) is 9.84 Å². The first-order valence-corrected chi connectivity index (χ1v) is 5.97. The van der Waals surface area contributed by atoms with Crippen LogP contribution in [0.4, 0.5) is 8.78 Å². The second kappa shape index (κ2) is 6.60. The van der Waals surface area contributed by atoms with E-state index in [1.54, 1.807) is 0 Å². The van der Waals surface area contributed by atoms with Gasteiger partial charge in [0.2, 0.25) is 0 Å². The maximum absolute atomic E-state index is 13.8. The van der Waals surface area contributed by atoms with Crippen LogP contribution in [0.2, 0.25) is 0 Å². The van der Waals surface area contributed by atoms with E-state index in [-0.39, 0.29) is 12.4 Å². The van der Waals surface area contributed by atoms with Crippen molar-refractivity contribution in [3.8, 4) is 5.75 Å². The third-order valence-electron chi connectivity index (χ3n) is 2.53.